The number of benzene rings is 2. The third-order valence-corrected chi connectivity index (χ3v) is 5.29. The smallest absolute Gasteiger partial charge is 0.163 e. The van der Waals surface area contributed by atoms with Gasteiger partial charge < -0.3 is 26.8 Å². The van der Waals surface area contributed by atoms with Crippen molar-refractivity contribution in [2.75, 3.05) is 32.8 Å². The average Bonchev–Trinajstić information content (AvgIpc) is 3.17. The van der Waals surface area contributed by atoms with Gasteiger partial charge in [-0.05, 0) is 55.6 Å². The Morgan fingerprint density at radius 2 is 1.81 bits per heavy atom. The van der Waals surface area contributed by atoms with E-state index in [1.54, 1.807) is 0 Å². The van der Waals surface area contributed by atoms with Crippen molar-refractivity contribution in [3.8, 4) is 11.5 Å². The zero-order valence-corrected chi connectivity index (χ0v) is 16.2. The first-order chi connectivity index (χ1) is 12.8. The van der Waals surface area contributed by atoms with E-state index < -0.39 is 0 Å². The summed E-state index contributed by atoms with van der Waals surface area (Å²) in [7, 11) is 0. The zero-order valence-electron chi connectivity index (χ0n) is 15.4. The topological polar surface area (TPSA) is 38.8 Å². The fourth-order valence-electron chi connectivity index (χ4n) is 3.86. The first-order valence-corrected chi connectivity index (χ1v) is 9.50. The van der Waals surface area contributed by atoms with Gasteiger partial charge in [-0.1, -0.05) is 30.3 Å². The Labute approximate surface area is 166 Å². The van der Waals surface area contributed by atoms with Crippen molar-refractivity contribution in [2.24, 2.45) is 0 Å². The van der Waals surface area contributed by atoms with Crippen LogP contribution in [0.1, 0.15) is 41.1 Å². The van der Waals surface area contributed by atoms with Gasteiger partial charge in [-0.25, -0.2) is 0 Å². The minimum atomic E-state index is 0. The van der Waals surface area contributed by atoms with Crippen molar-refractivity contribution in [1.82, 2.24) is 4.90 Å². The molecule has 144 valence electrons. The number of nitrogens with zero attached hydrogens (tertiary/aromatic N) is 1. The van der Waals surface area contributed by atoms with Gasteiger partial charge >= 0.3 is 0 Å². The van der Waals surface area contributed by atoms with Gasteiger partial charge in [0.1, 0.15) is 13.2 Å². The van der Waals surface area contributed by atoms with Crippen molar-refractivity contribution in [1.29, 1.82) is 0 Å². The number of Topliss-reactive ketones (excluding diaryl/α,β-unsaturated/α-hetero) is 1. The van der Waals surface area contributed by atoms with Crippen molar-refractivity contribution in [3.05, 3.63) is 59.7 Å². The van der Waals surface area contributed by atoms with E-state index >= 15 is 0 Å². The predicted molar refractivity (Wildman–Crippen MR) is 101 cm³/mol. The maximum atomic E-state index is 12.5. The van der Waals surface area contributed by atoms with E-state index in [0.29, 0.717) is 31.3 Å². The number of ketones is 1. The van der Waals surface area contributed by atoms with Gasteiger partial charge in [0.25, 0.3) is 0 Å². The number of hydrogen-bond acceptors (Lipinski definition) is 4. The van der Waals surface area contributed by atoms with E-state index in [1.807, 2.05) is 18.2 Å². The van der Waals surface area contributed by atoms with Crippen LogP contribution >= 0.6 is 0 Å². The molecule has 0 aromatic heterocycles. The molecule has 0 N–H and O–H groups in total. The van der Waals surface area contributed by atoms with Crippen molar-refractivity contribution in [3.63, 3.8) is 0 Å². The maximum Gasteiger partial charge on any atom is 0.163 e. The minimum absolute atomic E-state index is 0. The highest BCUT2D eigenvalue weighted by Gasteiger charge is 2.23. The fraction of sp³-hybridized carbons (Fsp3) is 0.409. The number of halogens is 1. The SMILES string of the molecule is O=C(CCCN1CCC(c2ccccc2)C1)c1ccc2c(c1)OCCO2.[Cl-]. The number of hydrogen-bond donors (Lipinski definition) is 0. The van der Waals surface area contributed by atoms with Crippen LogP contribution in [0.3, 0.4) is 0 Å². The molecule has 0 bridgehead atoms. The molecule has 0 amide bonds. The Hall–Kier alpha value is -2.04. The van der Waals surface area contributed by atoms with Crippen LogP contribution in [0.25, 0.3) is 0 Å². The Balaban J connectivity index is 0.00000210. The normalized spacial score (nSPS) is 18.7. The molecule has 1 atom stereocenters. The second-order valence-electron chi connectivity index (χ2n) is 7.08. The molecule has 1 unspecified atom stereocenters. The molecular weight excluding hydrogens is 362 g/mol. The number of carbonyl (C=O) groups is 1. The Morgan fingerprint density at radius 1 is 1.04 bits per heavy atom. The predicted octanol–water partition coefficient (Wildman–Crippen LogP) is 0.914. The first kappa shape index (κ1) is 19.7. The van der Waals surface area contributed by atoms with Crippen LogP contribution in [0.2, 0.25) is 0 Å². The summed E-state index contributed by atoms with van der Waals surface area (Å²) in [6, 6.07) is 16.2. The van der Waals surface area contributed by atoms with E-state index in [-0.39, 0.29) is 18.2 Å². The van der Waals surface area contributed by atoms with Crippen LogP contribution in [0.4, 0.5) is 0 Å². The number of likely N-dealkylation sites (tertiary alicyclic amines) is 1. The molecule has 4 nitrogen and oxygen atoms in total. The van der Waals surface area contributed by atoms with Gasteiger partial charge in [0.15, 0.2) is 17.3 Å². The lowest BCUT2D eigenvalue weighted by Gasteiger charge is -2.19. The standard InChI is InChI=1S/C22H25NO3.ClH/c24-20(18-8-9-21-22(15-18)26-14-13-25-21)7-4-11-23-12-10-19(16-23)17-5-2-1-3-6-17;/h1-3,5-6,8-9,15,19H,4,7,10-14,16H2;1H/p-1. The molecule has 0 saturated carbocycles. The van der Waals surface area contributed by atoms with E-state index in [1.165, 1.54) is 12.0 Å². The van der Waals surface area contributed by atoms with Crippen LogP contribution < -0.4 is 21.9 Å². The summed E-state index contributed by atoms with van der Waals surface area (Å²) in [5.74, 6) is 2.23. The summed E-state index contributed by atoms with van der Waals surface area (Å²) in [6.45, 7) is 4.32. The molecule has 1 saturated heterocycles. The summed E-state index contributed by atoms with van der Waals surface area (Å²) in [4.78, 5) is 15.0. The van der Waals surface area contributed by atoms with E-state index in [9.17, 15) is 4.79 Å². The molecule has 2 aliphatic heterocycles. The second-order valence-corrected chi connectivity index (χ2v) is 7.08. The van der Waals surface area contributed by atoms with E-state index in [4.69, 9.17) is 9.47 Å². The van der Waals surface area contributed by atoms with Gasteiger partial charge in [0, 0.05) is 18.5 Å². The van der Waals surface area contributed by atoms with Crippen molar-refractivity contribution < 1.29 is 26.7 Å². The first-order valence-electron chi connectivity index (χ1n) is 9.50. The van der Waals surface area contributed by atoms with E-state index in [0.717, 1.165) is 37.4 Å². The van der Waals surface area contributed by atoms with Gasteiger partial charge in [0.05, 0.1) is 0 Å². The van der Waals surface area contributed by atoms with Crippen LogP contribution in [-0.2, 0) is 0 Å². The summed E-state index contributed by atoms with van der Waals surface area (Å²) in [6.07, 6.45) is 2.68. The lowest BCUT2D eigenvalue weighted by Crippen LogP contribution is -3.00. The molecule has 4 rings (SSSR count). The Bertz CT molecular complexity index is 765. The quantitative estimate of drug-likeness (QED) is 0.692. The largest absolute Gasteiger partial charge is 1.00 e. The summed E-state index contributed by atoms with van der Waals surface area (Å²) < 4.78 is 11.1. The maximum absolute atomic E-state index is 12.5. The number of carbonyl (C=O) groups excluding carboxylic acids is 1. The molecule has 2 aromatic carbocycles. The Kier molecular flexibility index (Phi) is 6.75. The third-order valence-electron chi connectivity index (χ3n) is 5.29. The van der Waals surface area contributed by atoms with Gasteiger partial charge in [0.2, 0.25) is 0 Å². The van der Waals surface area contributed by atoms with Crippen LogP contribution in [0, 0.1) is 0 Å². The van der Waals surface area contributed by atoms with Crippen LogP contribution in [-0.4, -0.2) is 43.5 Å². The van der Waals surface area contributed by atoms with Gasteiger partial charge in [-0.2, -0.15) is 0 Å². The summed E-state index contributed by atoms with van der Waals surface area (Å²) in [5, 5.41) is 0. The summed E-state index contributed by atoms with van der Waals surface area (Å²) in [5.41, 5.74) is 2.15. The second kappa shape index (κ2) is 9.25. The number of ether oxygens (including phenoxy) is 2. The number of fused-ring (bicyclic) bond motifs is 1. The zero-order chi connectivity index (χ0) is 17.8. The van der Waals surface area contributed by atoms with Gasteiger partial charge in [-0.15, -0.1) is 0 Å². The third kappa shape index (κ3) is 4.82. The minimum Gasteiger partial charge on any atom is -1.00 e. The monoisotopic (exact) mass is 386 g/mol. The molecule has 2 heterocycles. The van der Waals surface area contributed by atoms with Crippen LogP contribution in [0.15, 0.2) is 48.5 Å². The molecule has 27 heavy (non-hydrogen) atoms. The Morgan fingerprint density at radius 3 is 2.63 bits per heavy atom. The average molecular weight is 387 g/mol. The molecule has 2 aliphatic rings. The van der Waals surface area contributed by atoms with Crippen molar-refractivity contribution >= 4 is 5.78 Å². The molecule has 0 aliphatic carbocycles. The number of rotatable bonds is 6. The molecule has 0 spiro atoms. The highest BCUT2D eigenvalue weighted by molar-refractivity contribution is 5.96. The molecular formula is C22H25ClNO3-. The fourth-order valence-corrected chi connectivity index (χ4v) is 3.86. The lowest BCUT2D eigenvalue weighted by molar-refractivity contribution is -0.0000137. The van der Waals surface area contributed by atoms with Gasteiger partial charge in [-0.3, -0.25) is 4.79 Å². The molecule has 1 fully saturated rings. The molecule has 5 heteroatoms. The van der Waals surface area contributed by atoms with Crippen LogP contribution in [0.5, 0.6) is 11.5 Å². The molecule has 2 aromatic rings. The van der Waals surface area contributed by atoms with Crippen molar-refractivity contribution in [2.45, 2.75) is 25.2 Å². The highest BCUT2D eigenvalue weighted by Crippen LogP contribution is 2.31. The molecule has 0 radical (unpaired) electrons. The highest BCUT2D eigenvalue weighted by atomic mass is 35.5. The summed E-state index contributed by atoms with van der Waals surface area (Å²) >= 11 is 0. The lowest BCUT2D eigenvalue weighted by atomic mass is 9.99. The van der Waals surface area contributed by atoms with E-state index in [2.05, 4.69) is 35.2 Å².